The van der Waals surface area contributed by atoms with Crippen LogP contribution in [0.3, 0.4) is 0 Å². The predicted octanol–water partition coefficient (Wildman–Crippen LogP) is 2.54. The second kappa shape index (κ2) is 7.76. The summed E-state index contributed by atoms with van der Waals surface area (Å²) < 4.78 is 0. The van der Waals surface area contributed by atoms with E-state index < -0.39 is 0 Å². The average Bonchev–Trinajstić information content (AvgIpc) is 2.41. The molecule has 0 aromatic heterocycles. The van der Waals surface area contributed by atoms with Crippen LogP contribution in [0.2, 0.25) is 0 Å². The lowest BCUT2D eigenvalue weighted by Gasteiger charge is -2.20. The van der Waals surface area contributed by atoms with E-state index in [2.05, 4.69) is 41.1 Å². The van der Waals surface area contributed by atoms with E-state index in [0.29, 0.717) is 5.17 Å². The number of anilines is 1. The molecule has 0 aliphatic heterocycles. The summed E-state index contributed by atoms with van der Waals surface area (Å²) in [5, 5.41) is 8.24. The van der Waals surface area contributed by atoms with Crippen LogP contribution in [0.25, 0.3) is 0 Å². The van der Waals surface area contributed by atoms with Gasteiger partial charge >= 0.3 is 0 Å². The third-order valence-corrected chi connectivity index (χ3v) is 3.09. The first-order valence-corrected chi connectivity index (χ1v) is 7.19. The van der Waals surface area contributed by atoms with Crippen LogP contribution in [0.5, 0.6) is 0 Å². The van der Waals surface area contributed by atoms with Gasteiger partial charge in [-0.05, 0) is 37.8 Å². The highest BCUT2D eigenvalue weighted by Crippen LogP contribution is 2.13. The summed E-state index contributed by atoms with van der Waals surface area (Å²) in [5.74, 6) is 0. The molecule has 0 heterocycles. The van der Waals surface area contributed by atoms with E-state index in [4.69, 9.17) is 5.73 Å². The molecule has 0 bridgehead atoms. The molecule has 0 amide bonds. The summed E-state index contributed by atoms with van der Waals surface area (Å²) in [4.78, 5) is 2.30. The summed E-state index contributed by atoms with van der Waals surface area (Å²) in [6.07, 6.45) is 3.57. The highest BCUT2D eigenvalue weighted by molar-refractivity contribution is 8.13. The maximum Gasteiger partial charge on any atom is 0.180 e. The van der Waals surface area contributed by atoms with Crippen molar-refractivity contribution in [2.75, 3.05) is 24.2 Å². The largest absolute Gasteiger partial charge is 0.377 e. The van der Waals surface area contributed by atoms with E-state index in [1.165, 1.54) is 17.4 Å². The Bertz CT molecular complexity index is 408. The van der Waals surface area contributed by atoms with Crippen molar-refractivity contribution in [3.63, 3.8) is 0 Å². The minimum atomic E-state index is 0.464. The molecule has 1 aromatic carbocycles. The van der Waals surface area contributed by atoms with Crippen molar-refractivity contribution >= 4 is 28.8 Å². The highest BCUT2D eigenvalue weighted by Gasteiger charge is 2.00. The Morgan fingerprint density at radius 3 is 2.39 bits per heavy atom. The fourth-order valence-corrected chi connectivity index (χ4v) is 1.68. The van der Waals surface area contributed by atoms with Crippen LogP contribution in [-0.4, -0.2) is 30.7 Å². The van der Waals surface area contributed by atoms with E-state index in [1.807, 2.05) is 18.4 Å². The van der Waals surface area contributed by atoms with Gasteiger partial charge in [0.15, 0.2) is 5.17 Å². The maximum atomic E-state index is 5.53. The Labute approximate surface area is 113 Å². The van der Waals surface area contributed by atoms with Gasteiger partial charge in [0.25, 0.3) is 0 Å². The summed E-state index contributed by atoms with van der Waals surface area (Å²) >= 11 is 1.38. The molecule has 0 unspecified atom stereocenters. The molecule has 0 radical (unpaired) electrons. The van der Waals surface area contributed by atoms with Crippen LogP contribution in [0, 0.1) is 0 Å². The van der Waals surface area contributed by atoms with Crippen LogP contribution in [0.15, 0.2) is 34.5 Å². The molecular weight excluding hydrogens is 244 g/mol. The number of amidine groups is 1. The lowest BCUT2D eigenvalue weighted by atomic mass is 10.2. The lowest BCUT2D eigenvalue weighted by Crippen LogP contribution is -2.21. The molecule has 0 saturated carbocycles. The second-order valence-corrected chi connectivity index (χ2v) is 4.48. The molecule has 0 atom stereocenters. The van der Waals surface area contributed by atoms with E-state index in [0.717, 1.165) is 18.7 Å². The predicted molar refractivity (Wildman–Crippen MR) is 82.7 cm³/mol. The molecule has 0 aliphatic carbocycles. The molecule has 0 fully saturated rings. The van der Waals surface area contributed by atoms with Gasteiger partial charge in [-0.2, -0.15) is 5.10 Å². The Kier molecular flexibility index (Phi) is 6.28. The van der Waals surface area contributed by atoms with Gasteiger partial charge in [0.1, 0.15) is 0 Å². The number of nitrogens with two attached hydrogens (primary N) is 1. The van der Waals surface area contributed by atoms with Crippen LogP contribution < -0.4 is 10.6 Å². The Morgan fingerprint density at radius 2 is 1.89 bits per heavy atom. The van der Waals surface area contributed by atoms with Gasteiger partial charge in [-0.25, -0.2) is 0 Å². The van der Waals surface area contributed by atoms with Gasteiger partial charge in [0.2, 0.25) is 0 Å². The Hall–Kier alpha value is -1.49. The SMILES string of the molecule is CCN(CC)c1ccc(/C=N\N=C(/N)SC)cc1. The number of benzene rings is 1. The van der Waals surface area contributed by atoms with Gasteiger partial charge in [0, 0.05) is 18.8 Å². The van der Waals surface area contributed by atoms with Gasteiger partial charge in [0.05, 0.1) is 6.21 Å². The Balaban J connectivity index is 2.71. The summed E-state index contributed by atoms with van der Waals surface area (Å²) in [5.41, 5.74) is 7.77. The van der Waals surface area contributed by atoms with E-state index >= 15 is 0 Å². The monoisotopic (exact) mass is 264 g/mol. The maximum absolute atomic E-state index is 5.53. The topological polar surface area (TPSA) is 54.0 Å². The van der Waals surface area contributed by atoms with Crippen LogP contribution in [0.4, 0.5) is 5.69 Å². The molecule has 0 spiro atoms. The number of rotatable bonds is 5. The van der Waals surface area contributed by atoms with E-state index in [-0.39, 0.29) is 0 Å². The molecule has 18 heavy (non-hydrogen) atoms. The minimum Gasteiger partial charge on any atom is -0.377 e. The number of hydrogen-bond donors (Lipinski definition) is 1. The fourth-order valence-electron chi connectivity index (χ4n) is 1.55. The number of thioether (sulfide) groups is 1. The molecule has 2 N–H and O–H groups in total. The smallest absolute Gasteiger partial charge is 0.180 e. The molecule has 5 heteroatoms. The van der Waals surface area contributed by atoms with Crippen LogP contribution in [0.1, 0.15) is 19.4 Å². The zero-order chi connectivity index (χ0) is 13.4. The standard InChI is InChI=1S/C13H20N4S/c1-4-17(5-2)12-8-6-11(7-9-12)10-15-16-13(14)18-3/h6-10H,4-5H2,1-3H3,(H2,14,16)/b15-10-. The van der Waals surface area contributed by atoms with Crippen molar-refractivity contribution in [1.82, 2.24) is 0 Å². The second-order valence-electron chi connectivity index (χ2n) is 3.65. The van der Waals surface area contributed by atoms with Gasteiger partial charge in [-0.15, -0.1) is 5.10 Å². The molecule has 0 saturated heterocycles. The van der Waals surface area contributed by atoms with Crippen molar-refractivity contribution in [2.45, 2.75) is 13.8 Å². The van der Waals surface area contributed by atoms with E-state index in [9.17, 15) is 0 Å². The van der Waals surface area contributed by atoms with Crippen molar-refractivity contribution in [3.05, 3.63) is 29.8 Å². The third kappa shape index (κ3) is 4.41. The van der Waals surface area contributed by atoms with Crippen molar-refractivity contribution in [2.24, 2.45) is 15.9 Å². The summed E-state index contributed by atoms with van der Waals surface area (Å²) in [6.45, 7) is 6.33. The quantitative estimate of drug-likeness (QED) is 0.505. The van der Waals surface area contributed by atoms with Crippen molar-refractivity contribution < 1.29 is 0 Å². The fraction of sp³-hybridized carbons (Fsp3) is 0.385. The van der Waals surface area contributed by atoms with Gasteiger partial charge in [-0.3, -0.25) is 0 Å². The molecule has 0 aliphatic rings. The summed E-state index contributed by atoms with van der Waals surface area (Å²) in [6, 6.07) is 8.25. The van der Waals surface area contributed by atoms with Crippen LogP contribution >= 0.6 is 11.8 Å². The highest BCUT2D eigenvalue weighted by atomic mass is 32.2. The first-order valence-electron chi connectivity index (χ1n) is 5.96. The zero-order valence-corrected chi connectivity index (χ0v) is 11.9. The van der Waals surface area contributed by atoms with Crippen molar-refractivity contribution in [3.8, 4) is 0 Å². The zero-order valence-electron chi connectivity index (χ0n) is 11.1. The first-order chi connectivity index (χ1) is 8.71. The summed E-state index contributed by atoms with van der Waals surface area (Å²) in [7, 11) is 0. The van der Waals surface area contributed by atoms with E-state index in [1.54, 1.807) is 6.21 Å². The van der Waals surface area contributed by atoms with Crippen molar-refractivity contribution in [1.29, 1.82) is 0 Å². The Morgan fingerprint density at radius 1 is 1.28 bits per heavy atom. The number of nitrogens with zero attached hydrogens (tertiary/aromatic N) is 3. The normalized spacial score (nSPS) is 12.1. The van der Waals surface area contributed by atoms with Gasteiger partial charge in [-0.1, -0.05) is 23.9 Å². The third-order valence-electron chi connectivity index (χ3n) is 2.59. The number of hydrogen-bond acceptors (Lipinski definition) is 4. The molecular formula is C13H20N4S. The molecule has 1 aromatic rings. The average molecular weight is 264 g/mol. The molecule has 98 valence electrons. The lowest BCUT2D eigenvalue weighted by molar-refractivity contribution is 0.866. The first kappa shape index (κ1) is 14.6. The van der Waals surface area contributed by atoms with Gasteiger partial charge < -0.3 is 10.6 Å². The molecule has 4 nitrogen and oxygen atoms in total. The van der Waals surface area contributed by atoms with Crippen LogP contribution in [-0.2, 0) is 0 Å². The molecule has 1 rings (SSSR count). The minimum absolute atomic E-state index is 0.464.